The molecule has 3 aliphatic rings. The Labute approximate surface area is 175 Å². The van der Waals surface area contributed by atoms with Gasteiger partial charge in [0.25, 0.3) is 0 Å². The van der Waals surface area contributed by atoms with Crippen LogP contribution in [-0.4, -0.2) is 49.8 Å². The molecule has 6 rings (SSSR count). The standard InChI is InChI=1S/C23H26N6O/c1-28-13-16(12-24-28)14-2-5-20(22(30)9-14)21-8-15-6-7-29(23(15)27-26-21)19-10-17-3-4-18(11-19)25-17/h2,5,8-9,12-13,17-19,25,30H,3-4,6-7,10-11H2,1H3/t17-,18+,19-. The van der Waals surface area contributed by atoms with E-state index in [2.05, 4.69) is 31.6 Å². The van der Waals surface area contributed by atoms with Crippen LogP contribution in [0.15, 0.2) is 36.7 Å². The monoisotopic (exact) mass is 402 g/mol. The molecule has 154 valence electrons. The number of aromatic hydroxyl groups is 1. The largest absolute Gasteiger partial charge is 0.507 e. The van der Waals surface area contributed by atoms with Crippen molar-refractivity contribution in [1.82, 2.24) is 25.3 Å². The zero-order chi connectivity index (χ0) is 20.2. The van der Waals surface area contributed by atoms with E-state index in [0.29, 0.717) is 18.1 Å². The molecule has 2 saturated heterocycles. The van der Waals surface area contributed by atoms with E-state index in [0.717, 1.165) is 41.2 Å². The SMILES string of the molecule is Cn1cc(-c2ccc(-c3cc4c(nn3)N([C@@H]3C[C@H]5CC[C@@H](C3)N5)CC4)c(O)c2)cn1. The lowest BCUT2D eigenvalue weighted by molar-refractivity contribution is 0.349. The average molecular weight is 403 g/mol. The molecule has 0 saturated carbocycles. The van der Waals surface area contributed by atoms with Gasteiger partial charge in [0.1, 0.15) is 5.75 Å². The van der Waals surface area contributed by atoms with E-state index in [9.17, 15) is 5.11 Å². The van der Waals surface area contributed by atoms with Crippen LogP contribution in [0.4, 0.5) is 5.82 Å². The zero-order valence-electron chi connectivity index (χ0n) is 17.1. The number of aryl methyl sites for hydroxylation is 1. The van der Waals surface area contributed by atoms with Crippen LogP contribution in [0.3, 0.4) is 0 Å². The third kappa shape index (κ3) is 2.96. The number of anilines is 1. The van der Waals surface area contributed by atoms with Crippen molar-refractivity contribution in [3.63, 3.8) is 0 Å². The number of hydrogen-bond acceptors (Lipinski definition) is 6. The Morgan fingerprint density at radius 2 is 1.90 bits per heavy atom. The van der Waals surface area contributed by atoms with Gasteiger partial charge in [0.15, 0.2) is 5.82 Å². The fourth-order valence-corrected chi connectivity index (χ4v) is 5.46. The van der Waals surface area contributed by atoms with Crippen LogP contribution in [0.5, 0.6) is 5.75 Å². The summed E-state index contributed by atoms with van der Waals surface area (Å²) < 4.78 is 1.76. The van der Waals surface area contributed by atoms with Crippen LogP contribution in [-0.2, 0) is 13.5 Å². The Morgan fingerprint density at radius 3 is 2.63 bits per heavy atom. The maximum absolute atomic E-state index is 10.7. The Bertz CT molecular complexity index is 1100. The van der Waals surface area contributed by atoms with Crippen LogP contribution in [0.1, 0.15) is 31.2 Å². The van der Waals surface area contributed by atoms with Crippen LogP contribution in [0, 0.1) is 0 Å². The summed E-state index contributed by atoms with van der Waals surface area (Å²) in [4.78, 5) is 2.48. The number of benzene rings is 1. The number of piperidine rings is 1. The van der Waals surface area contributed by atoms with Crippen molar-refractivity contribution in [3.05, 3.63) is 42.2 Å². The molecule has 0 aliphatic carbocycles. The second-order valence-electron chi connectivity index (χ2n) is 8.92. The third-order valence-corrected chi connectivity index (χ3v) is 6.95. The molecule has 2 N–H and O–H groups in total. The maximum atomic E-state index is 10.7. The van der Waals surface area contributed by atoms with Crippen molar-refractivity contribution >= 4 is 5.82 Å². The first kappa shape index (κ1) is 17.9. The molecule has 0 unspecified atom stereocenters. The quantitative estimate of drug-likeness (QED) is 0.701. The summed E-state index contributed by atoms with van der Waals surface area (Å²) >= 11 is 0. The van der Waals surface area contributed by atoms with E-state index < -0.39 is 0 Å². The smallest absolute Gasteiger partial charge is 0.154 e. The van der Waals surface area contributed by atoms with Crippen molar-refractivity contribution in [2.24, 2.45) is 7.05 Å². The van der Waals surface area contributed by atoms with Gasteiger partial charge in [0, 0.05) is 54.6 Å². The fourth-order valence-electron chi connectivity index (χ4n) is 5.46. The highest BCUT2D eigenvalue weighted by molar-refractivity contribution is 5.74. The average Bonchev–Trinajstić information content (AvgIpc) is 3.45. The molecule has 5 heterocycles. The number of nitrogens with one attached hydrogen (secondary N) is 1. The number of aromatic nitrogens is 4. The molecule has 0 radical (unpaired) electrons. The lowest BCUT2D eigenvalue weighted by Gasteiger charge is -2.36. The molecule has 30 heavy (non-hydrogen) atoms. The van der Waals surface area contributed by atoms with Crippen molar-refractivity contribution in [3.8, 4) is 28.1 Å². The first-order valence-electron chi connectivity index (χ1n) is 10.9. The van der Waals surface area contributed by atoms with E-state index in [1.807, 2.05) is 25.4 Å². The minimum atomic E-state index is 0.218. The van der Waals surface area contributed by atoms with Crippen molar-refractivity contribution < 1.29 is 5.11 Å². The number of fused-ring (bicyclic) bond motifs is 3. The topological polar surface area (TPSA) is 79.1 Å². The van der Waals surface area contributed by atoms with Gasteiger partial charge in [-0.05, 0) is 55.9 Å². The highest BCUT2D eigenvalue weighted by atomic mass is 16.3. The lowest BCUT2D eigenvalue weighted by Crippen LogP contribution is -2.48. The Morgan fingerprint density at radius 1 is 1.07 bits per heavy atom. The van der Waals surface area contributed by atoms with Gasteiger partial charge in [0.05, 0.1) is 11.9 Å². The predicted octanol–water partition coefficient (Wildman–Crippen LogP) is 2.90. The van der Waals surface area contributed by atoms with E-state index >= 15 is 0 Å². The van der Waals surface area contributed by atoms with Gasteiger partial charge < -0.3 is 15.3 Å². The van der Waals surface area contributed by atoms with Gasteiger partial charge in [-0.25, -0.2) is 0 Å². The molecule has 0 spiro atoms. The Balaban J connectivity index is 1.27. The molecule has 0 amide bonds. The molecule has 2 aromatic heterocycles. The fraction of sp³-hybridized carbons (Fsp3) is 0.435. The van der Waals surface area contributed by atoms with Crippen molar-refractivity contribution in [1.29, 1.82) is 0 Å². The predicted molar refractivity (Wildman–Crippen MR) is 115 cm³/mol. The molecular weight excluding hydrogens is 376 g/mol. The number of phenolic OH excluding ortho intramolecular Hbond substituents is 1. The highest BCUT2D eigenvalue weighted by Crippen LogP contribution is 2.38. The highest BCUT2D eigenvalue weighted by Gasteiger charge is 2.38. The van der Waals surface area contributed by atoms with Gasteiger partial charge in [-0.2, -0.15) is 5.10 Å². The maximum Gasteiger partial charge on any atom is 0.154 e. The molecule has 3 atom stereocenters. The molecule has 2 bridgehead atoms. The summed E-state index contributed by atoms with van der Waals surface area (Å²) in [6, 6.07) is 9.70. The molecule has 2 fully saturated rings. The number of phenols is 1. The van der Waals surface area contributed by atoms with E-state index in [1.165, 1.54) is 31.2 Å². The van der Waals surface area contributed by atoms with E-state index in [-0.39, 0.29) is 5.75 Å². The van der Waals surface area contributed by atoms with Gasteiger partial charge in [-0.15, -0.1) is 10.2 Å². The van der Waals surface area contributed by atoms with Crippen molar-refractivity contribution in [2.75, 3.05) is 11.4 Å². The summed E-state index contributed by atoms with van der Waals surface area (Å²) in [6.45, 7) is 1.02. The third-order valence-electron chi connectivity index (χ3n) is 6.95. The van der Waals surface area contributed by atoms with Crippen LogP contribution >= 0.6 is 0 Å². The van der Waals surface area contributed by atoms with Crippen LogP contribution in [0.25, 0.3) is 22.4 Å². The first-order valence-corrected chi connectivity index (χ1v) is 10.9. The molecule has 1 aromatic carbocycles. The molecule has 3 aromatic rings. The summed E-state index contributed by atoms with van der Waals surface area (Å²) in [5.41, 5.74) is 4.60. The van der Waals surface area contributed by atoms with E-state index in [1.54, 1.807) is 16.9 Å². The minimum absolute atomic E-state index is 0.218. The number of hydrogen-bond donors (Lipinski definition) is 2. The van der Waals surface area contributed by atoms with Gasteiger partial charge >= 0.3 is 0 Å². The molecular formula is C23H26N6O. The van der Waals surface area contributed by atoms with Crippen molar-refractivity contribution in [2.45, 2.75) is 50.2 Å². The molecule has 7 nitrogen and oxygen atoms in total. The number of nitrogens with zero attached hydrogens (tertiary/aromatic N) is 5. The summed E-state index contributed by atoms with van der Waals surface area (Å²) in [7, 11) is 1.88. The van der Waals surface area contributed by atoms with Crippen LogP contribution in [0.2, 0.25) is 0 Å². The normalized spacial score (nSPS) is 25.0. The van der Waals surface area contributed by atoms with E-state index in [4.69, 9.17) is 0 Å². The summed E-state index contributed by atoms with van der Waals surface area (Å²) in [6.07, 6.45) is 9.75. The van der Waals surface area contributed by atoms with Gasteiger partial charge in [-0.3, -0.25) is 4.68 Å². The number of rotatable bonds is 3. The zero-order valence-corrected chi connectivity index (χ0v) is 17.1. The summed E-state index contributed by atoms with van der Waals surface area (Å²) in [5, 5.41) is 27.7. The summed E-state index contributed by atoms with van der Waals surface area (Å²) in [5.74, 6) is 1.26. The minimum Gasteiger partial charge on any atom is -0.507 e. The van der Waals surface area contributed by atoms with Crippen LogP contribution < -0.4 is 10.2 Å². The second kappa shape index (κ2) is 6.80. The van der Waals surface area contributed by atoms with Gasteiger partial charge in [-0.1, -0.05) is 6.07 Å². The molecule has 3 aliphatic heterocycles. The second-order valence-corrected chi connectivity index (χ2v) is 8.92. The van der Waals surface area contributed by atoms with Gasteiger partial charge in [0.2, 0.25) is 0 Å². The first-order chi connectivity index (χ1) is 14.6. The molecule has 7 heteroatoms. The Kier molecular flexibility index (Phi) is 4.06. The Hall–Kier alpha value is -2.93. The lowest BCUT2D eigenvalue weighted by atomic mass is 9.98.